The minimum absolute atomic E-state index is 0.0351. The van der Waals surface area contributed by atoms with E-state index in [1.165, 1.54) is 6.92 Å². The third kappa shape index (κ3) is 3.91. The molecule has 0 fully saturated rings. The zero-order chi connectivity index (χ0) is 17.9. The number of ether oxygens (including phenoxy) is 1. The van der Waals surface area contributed by atoms with Gasteiger partial charge in [0.25, 0.3) is 0 Å². The lowest BCUT2D eigenvalue weighted by atomic mass is 10.0. The van der Waals surface area contributed by atoms with Crippen LogP contribution in [-0.2, 0) is 20.1 Å². The molecule has 0 aliphatic carbocycles. The van der Waals surface area contributed by atoms with Gasteiger partial charge in [0.1, 0.15) is 24.1 Å². The molecule has 130 valence electrons. The summed E-state index contributed by atoms with van der Waals surface area (Å²) in [6.45, 7) is 1.28. The van der Waals surface area contributed by atoms with Crippen LogP contribution in [0.15, 0.2) is 6.07 Å². The number of aliphatic carboxylic acids is 1. The van der Waals surface area contributed by atoms with Crippen LogP contribution in [0.2, 0.25) is 0 Å². The van der Waals surface area contributed by atoms with Crippen molar-refractivity contribution in [3.05, 3.63) is 22.8 Å². The molecule has 0 spiro atoms. The molecule has 1 aromatic carbocycles. The number of hydrogen-bond donors (Lipinski definition) is 4. The number of amides is 1. The van der Waals surface area contributed by atoms with Crippen LogP contribution in [0.4, 0.5) is 0 Å². The number of phenolic OH excluding ortho intramolecular Hbond substituents is 2. The highest BCUT2D eigenvalue weighted by Crippen LogP contribution is 2.35. The van der Waals surface area contributed by atoms with Gasteiger partial charge in [-0.3, -0.25) is 4.79 Å². The first-order valence-corrected chi connectivity index (χ1v) is 8.28. The monoisotopic (exact) mass is 355 g/mol. The fraction of sp³-hybridized carbons (Fsp3) is 0.400. The Kier molecular flexibility index (Phi) is 5.55. The summed E-state index contributed by atoms with van der Waals surface area (Å²) < 4.78 is 5.02. The maximum Gasteiger partial charge on any atom is 0.338 e. The summed E-state index contributed by atoms with van der Waals surface area (Å²) in [5.74, 6) is -2.79. The van der Waals surface area contributed by atoms with Gasteiger partial charge in [-0.2, -0.15) is 11.8 Å². The summed E-state index contributed by atoms with van der Waals surface area (Å²) in [5.41, 5.74) is 0.550. The Labute approximate surface area is 141 Å². The molecule has 8 nitrogen and oxygen atoms in total. The van der Waals surface area contributed by atoms with Gasteiger partial charge < -0.3 is 25.4 Å². The van der Waals surface area contributed by atoms with E-state index in [0.717, 1.165) is 17.8 Å². The molecule has 1 amide bonds. The molecule has 4 N–H and O–H groups in total. The van der Waals surface area contributed by atoms with Gasteiger partial charge in [-0.05, 0) is 6.92 Å². The van der Waals surface area contributed by atoms with Gasteiger partial charge in [0.2, 0.25) is 5.91 Å². The van der Waals surface area contributed by atoms with Crippen LogP contribution in [0.5, 0.6) is 11.5 Å². The maximum atomic E-state index is 12.2. The number of carbonyl (C=O) groups excluding carboxylic acids is 2. The van der Waals surface area contributed by atoms with Gasteiger partial charge in [0, 0.05) is 28.7 Å². The van der Waals surface area contributed by atoms with Crippen molar-refractivity contribution in [2.75, 3.05) is 12.4 Å². The van der Waals surface area contributed by atoms with Crippen LogP contribution >= 0.6 is 11.8 Å². The van der Waals surface area contributed by atoms with E-state index in [1.807, 2.05) is 0 Å². The molecule has 1 aliphatic rings. The van der Waals surface area contributed by atoms with Crippen LogP contribution in [0.3, 0.4) is 0 Å². The Hall–Kier alpha value is -2.42. The highest BCUT2D eigenvalue weighted by atomic mass is 32.2. The number of esters is 1. The normalized spacial score (nSPS) is 19.3. The summed E-state index contributed by atoms with van der Waals surface area (Å²) >= 11 is 1.13. The largest absolute Gasteiger partial charge is 0.508 e. The number of benzene rings is 1. The van der Waals surface area contributed by atoms with Crippen LogP contribution < -0.4 is 5.32 Å². The molecule has 2 rings (SSSR count). The molecule has 1 aliphatic heterocycles. The molecule has 1 heterocycles. The fourth-order valence-corrected chi connectivity index (χ4v) is 3.33. The molecule has 24 heavy (non-hydrogen) atoms. The molecule has 0 bridgehead atoms. The number of rotatable bonds is 1. The first-order chi connectivity index (χ1) is 11.3. The van der Waals surface area contributed by atoms with E-state index in [2.05, 4.69) is 5.32 Å². The molecule has 0 saturated carbocycles. The molecule has 0 radical (unpaired) electrons. The molecule has 0 saturated heterocycles. The van der Waals surface area contributed by atoms with Crippen molar-refractivity contribution in [3.63, 3.8) is 0 Å². The smallest absolute Gasteiger partial charge is 0.338 e. The molecule has 9 heteroatoms. The highest BCUT2D eigenvalue weighted by Gasteiger charge is 2.25. The molecular weight excluding hydrogens is 338 g/mol. The number of carboxylic acid groups (broad SMARTS) is 1. The van der Waals surface area contributed by atoms with Crippen molar-refractivity contribution in [2.24, 2.45) is 0 Å². The summed E-state index contributed by atoms with van der Waals surface area (Å²) in [5, 5.41) is 31.3. The van der Waals surface area contributed by atoms with Crippen molar-refractivity contribution in [1.29, 1.82) is 0 Å². The van der Waals surface area contributed by atoms with E-state index < -0.39 is 23.9 Å². The number of hydrogen-bond acceptors (Lipinski definition) is 7. The Morgan fingerprint density at radius 1 is 1.33 bits per heavy atom. The highest BCUT2D eigenvalue weighted by molar-refractivity contribution is 7.98. The number of cyclic esters (lactones) is 1. The summed E-state index contributed by atoms with van der Waals surface area (Å²) in [4.78, 5) is 35.1. The zero-order valence-electron chi connectivity index (χ0n) is 12.9. The van der Waals surface area contributed by atoms with Crippen molar-refractivity contribution >= 4 is 29.6 Å². The van der Waals surface area contributed by atoms with Gasteiger partial charge in [0.05, 0.1) is 12.0 Å². The second kappa shape index (κ2) is 7.43. The van der Waals surface area contributed by atoms with Crippen molar-refractivity contribution in [3.8, 4) is 11.5 Å². The Balaban J connectivity index is 2.38. The molecule has 1 aromatic rings. The third-order valence-corrected chi connectivity index (χ3v) is 4.64. The number of carbonyl (C=O) groups is 3. The van der Waals surface area contributed by atoms with Gasteiger partial charge in [0.15, 0.2) is 0 Å². The van der Waals surface area contributed by atoms with E-state index in [0.29, 0.717) is 0 Å². The topological polar surface area (TPSA) is 133 Å². The Bertz CT molecular complexity index is 689. The quantitative estimate of drug-likeness (QED) is 0.543. The van der Waals surface area contributed by atoms with E-state index in [9.17, 15) is 24.6 Å². The van der Waals surface area contributed by atoms with Crippen LogP contribution in [-0.4, -0.2) is 51.6 Å². The van der Waals surface area contributed by atoms with Gasteiger partial charge >= 0.3 is 11.9 Å². The summed E-state index contributed by atoms with van der Waals surface area (Å²) in [6.07, 6.45) is -0.181. The number of thioether (sulfide) groups is 1. The molecule has 0 unspecified atom stereocenters. The number of nitrogens with one attached hydrogen (secondary N) is 1. The predicted octanol–water partition coefficient (Wildman–Crippen LogP) is 0.769. The SMILES string of the molecule is Cc1c(O)cc(O)c2c1C(=O)OCCC(=O)N[C@H](C(=O)O)CSC2. The van der Waals surface area contributed by atoms with Crippen molar-refractivity contribution in [2.45, 2.75) is 25.1 Å². The van der Waals surface area contributed by atoms with E-state index in [4.69, 9.17) is 9.84 Å². The molecule has 0 aromatic heterocycles. The van der Waals surface area contributed by atoms with Crippen LogP contribution in [0, 0.1) is 6.92 Å². The number of phenols is 2. The standard InChI is InChI=1S/C15H17NO7S/c1-7-10(17)4-11(18)8-5-24-6-9(14(20)21)16-12(19)2-3-23-15(22)13(7)8/h4,9,17-18H,2-3,5-6H2,1H3,(H,16,19)(H,20,21)/t9-/m0/s1. The molecular formula is C15H17NO7S. The average molecular weight is 355 g/mol. The van der Waals surface area contributed by atoms with E-state index in [1.54, 1.807) is 0 Å². The average Bonchev–Trinajstić information content (AvgIpc) is 2.49. The Morgan fingerprint density at radius 2 is 2.04 bits per heavy atom. The van der Waals surface area contributed by atoms with Gasteiger partial charge in [-0.15, -0.1) is 0 Å². The number of aromatic hydroxyl groups is 2. The molecule has 1 atom stereocenters. The van der Waals surface area contributed by atoms with Gasteiger partial charge in [-0.25, -0.2) is 9.59 Å². The third-order valence-electron chi connectivity index (χ3n) is 3.57. The minimum Gasteiger partial charge on any atom is -0.508 e. The van der Waals surface area contributed by atoms with E-state index in [-0.39, 0.29) is 52.7 Å². The lowest BCUT2D eigenvalue weighted by Gasteiger charge is -2.18. The lowest BCUT2D eigenvalue weighted by Crippen LogP contribution is -2.43. The summed E-state index contributed by atoms with van der Waals surface area (Å²) in [7, 11) is 0. The second-order valence-corrected chi connectivity index (χ2v) is 6.28. The van der Waals surface area contributed by atoms with Crippen LogP contribution in [0.1, 0.15) is 27.9 Å². The number of carboxylic acids is 1. The fourth-order valence-electron chi connectivity index (χ4n) is 2.26. The van der Waals surface area contributed by atoms with Crippen molar-refractivity contribution in [1.82, 2.24) is 5.32 Å². The van der Waals surface area contributed by atoms with Crippen LogP contribution in [0.25, 0.3) is 0 Å². The number of fused-ring (bicyclic) bond motifs is 1. The van der Waals surface area contributed by atoms with Gasteiger partial charge in [-0.1, -0.05) is 0 Å². The maximum absolute atomic E-state index is 12.2. The van der Waals surface area contributed by atoms with Crippen molar-refractivity contribution < 1.29 is 34.4 Å². The minimum atomic E-state index is -1.17. The summed E-state index contributed by atoms with van der Waals surface area (Å²) in [6, 6.07) is 0.0473. The van der Waals surface area contributed by atoms with E-state index >= 15 is 0 Å². The second-order valence-electron chi connectivity index (χ2n) is 5.25. The first kappa shape index (κ1) is 17.9. The first-order valence-electron chi connectivity index (χ1n) is 7.12. The Morgan fingerprint density at radius 3 is 2.71 bits per heavy atom. The predicted molar refractivity (Wildman–Crippen MR) is 85.1 cm³/mol. The zero-order valence-corrected chi connectivity index (χ0v) is 13.7. The lowest BCUT2D eigenvalue weighted by molar-refractivity contribution is -0.141.